The van der Waals surface area contributed by atoms with Gasteiger partial charge in [0.05, 0.1) is 25.9 Å². The lowest BCUT2D eigenvalue weighted by molar-refractivity contribution is -0.134. The van der Waals surface area contributed by atoms with Crippen LogP contribution in [0.4, 0.5) is 10.5 Å². The van der Waals surface area contributed by atoms with Crippen LogP contribution in [0.15, 0.2) is 30.0 Å². The summed E-state index contributed by atoms with van der Waals surface area (Å²) in [4.78, 5) is 26.9. The summed E-state index contributed by atoms with van der Waals surface area (Å²) in [5.41, 5.74) is 6.68. The maximum atomic E-state index is 13.1. The Morgan fingerprint density at radius 1 is 1.32 bits per heavy atom. The number of nitrogens with zero attached hydrogens (tertiary/aromatic N) is 2. The molecule has 2 amide bonds. The minimum Gasteiger partial charge on any atom is -0.453 e. The second-order valence-corrected chi connectivity index (χ2v) is 8.53. The number of hydrogen-bond donors (Lipinski definition) is 4. The molecule has 1 saturated heterocycles. The molecular weight excluding hydrogens is 396 g/mol. The van der Waals surface area contributed by atoms with Crippen molar-refractivity contribution in [3.8, 4) is 0 Å². The molecule has 0 spiro atoms. The first-order valence-electron chi connectivity index (χ1n) is 10.9. The van der Waals surface area contributed by atoms with Crippen LogP contribution >= 0.6 is 0 Å². The third kappa shape index (κ3) is 4.84. The Bertz CT molecular complexity index is 869. The minimum atomic E-state index is -0.524. The maximum Gasteiger partial charge on any atom is 0.411 e. The molecule has 2 fully saturated rings. The topological polar surface area (TPSA) is 98.0 Å². The van der Waals surface area contributed by atoms with E-state index in [1.165, 1.54) is 20.0 Å². The molecule has 3 aliphatic rings. The normalized spacial score (nSPS) is 22.9. The standard InChI is InChI=1S/C22H32N6O3/c1-14-12-27(13-24-11-15-4-5-15)21(29)20-9-19(26-28(14)20)17-7-6-16(10-23-2)8-18(17)25-22(30)31-3/h6-9,14-15,19,23-24,26H,4-5,10-13H2,1-3H3,(H,25,30). The van der Waals surface area contributed by atoms with Crippen LogP contribution in [-0.2, 0) is 16.1 Å². The summed E-state index contributed by atoms with van der Waals surface area (Å²) in [5.74, 6) is 0.794. The van der Waals surface area contributed by atoms with Crippen molar-refractivity contribution < 1.29 is 14.3 Å². The van der Waals surface area contributed by atoms with E-state index in [4.69, 9.17) is 4.74 Å². The predicted molar refractivity (Wildman–Crippen MR) is 118 cm³/mol. The molecule has 1 saturated carbocycles. The molecule has 0 radical (unpaired) electrons. The number of nitrogens with one attached hydrogen (secondary N) is 4. The van der Waals surface area contributed by atoms with Crippen LogP contribution in [0.5, 0.6) is 0 Å². The Labute approximate surface area is 183 Å². The fraction of sp³-hybridized carbons (Fsp3) is 0.545. The number of piperazine rings is 1. The van der Waals surface area contributed by atoms with Crippen LogP contribution in [-0.4, -0.2) is 61.9 Å². The van der Waals surface area contributed by atoms with Gasteiger partial charge < -0.3 is 15.0 Å². The van der Waals surface area contributed by atoms with Gasteiger partial charge in [0, 0.05) is 18.8 Å². The molecular formula is C22H32N6O3. The summed E-state index contributed by atoms with van der Waals surface area (Å²) < 4.78 is 4.79. The van der Waals surface area contributed by atoms with Gasteiger partial charge in [-0.1, -0.05) is 12.1 Å². The van der Waals surface area contributed by atoms with Crippen molar-refractivity contribution in [3.05, 3.63) is 41.1 Å². The Morgan fingerprint density at radius 3 is 2.84 bits per heavy atom. The zero-order chi connectivity index (χ0) is 22.0. The number of fused-ring (bicyclic) bond motifs is 1. The fourth-order valence-electron chi connectivity index (χ4n) is 4.16. The number of hydrazine groups is 1. The summed E-state index contributed by atoms with van der Waals surface area (Å²) in [7, 11) is 3.22. The molecule has 4 N–H and O–H groups in total. The van der Waals surface area contributed by atoms with Crippen LogP contribution in [0.3, 0.4) is 0 Å². The third-order valence-electron chi connectivity index (χ3n) is 5.98. The first-order chi connectivity index (χ1) is 15.0. The van der Waals surface area contributed by atoms with E-state index in [0.717, 1.165) is 23.6 Å². The molecule has 2 aliphatic heterocycles. The molecule has 2 atom stereocenters. The number of amides is 2. The van der Waals surface area contributed by atoms with Gasteiger partial charge in [0.2, 0.25) is 0 Å². The largest absolute Gasteiger partial charge is 0.453 e. The lowest BCUT2D eigenvalue weighted by atomic mass is 10.0. The summed E-state index contributed by atoms with van der Waals surface area (Å²) >= 11 is 0. The summed E-state index contributed by atoms with van der Waals surface area (Å²) in [5, 5.41) is 11.3. The van der Waals surface area contributed by atoms with E-state index in [0.29, 0.717) is 31.1 Å². The van der Waals surface area contributed by atoms with E-state index < -0.39 is 6.09 Å². The van der Waals surface area contributed by atoms with Gasteiger partial charge in [-0.25, -0.2) is 10.2 Å². The van der Waals surface area contributed by atoms with E-state index in [9.17, 15) is 9.59 Å². The van der Waals surface area contributed by atoms with Gasteiger partial charge in [-0.2, -0.15) is 0 Å². The molecule has 1 aromatic carbocycles. The average Bonchev–Trinajstić information content (AvgIpc) is 3.47. The van der Waals surface area contributed by atoms with Crippen LogP contribution in [0.2, 0.25) is 0 Å². The van der Waals surface area contributed by atoms with E-state index in [1.54, 1.807) is 0 Å². The van der Waals surface area contributed by atoms with Crippen molar-refractivity contribution in [1.82, 2.24) is 26.0 Å². The molecule has 168 valence electrons. The maximum absolute atomic E-state index is 13.1. The highest BCUT2D eigenvalue weighted by Gasteiger charge is 2.39. The molecule has 1 aliphatic carbocycles. The number of ether oxygens (including phenoxy) is 1. The van der Waals surface area contributed by atoms with Crippen molar-refractivity contribution in [3.63, 3.8) is 0 Å². The predicted octanol–water partition coefficient (Wildman–Crippen LogP) is 1.52. The fourth-order valence-corrected chi connectivity index (χ4v) is 4.16. The summed E-state index contributed by atoms with van der Waals surface area (Å²) in [6.07, 6.45) is 4.00. The highest BCUT2D eigenvalue weighted by molar-refractivity contribution is 5.94. The van der Waals surface area contributed by atoms with E-state index in [2.05, 4.69) is 28.3 Å². The lowest BCUT2D eigenvalue weighted by Crippen LogP contribution is -2.57. The Balaban J connectivity index is 1.54. The molecule has 31 heavy (non-hydrogen) atoms. The van der Waals surface area contributed by atoms with Crippen LogP contribution in [0, 0.1) is 5.92 Å². The van der Waals surface area contributed by atoms with Crippen molar-refractivity contribution in [2.24, 2.45) is 5.92 Å². The van der Waals surface area contributed by atoms with Crippen LogP contribution in [0.25, 0.3) is 0 Å². The molecule has 9 nitrogen and oxygen atoms in total. The summed E-state index contributed by atoms with van der Waals surface area (Å²) in [6.45, 7) is 4.99. The Kier molecular flexibility index (Phi) is 6.45. The van der Waals surface area contributed by atoms with Crippen molar-refractivity contribution in [2.75, 3.05) is 39.2 Å². The number of anilines is 1. The van der Waals surface area contributed by atoms with Crippen LogP contribution in [0.1, 0.15) is 36.9 Å². The highest BCUT2D eigenvalue weighted by atomic mass is 16.5. The first kappa shape index (κ1) is 21.6. The number of rotatable bonds is 8. The lowest BCUT2D eigenvalue weighted by Gasteiger charge is -2.40. The zero-order valence-electron chi connectivity index (χ0n) is 18.4. The van der Waals surface area contributed by atoms with Gasteiger partial charge in [0.25, 0.3) is 5.91 Å². The second kappa shape index (κ2) is 9.25. The zero-order valence-corrected chi connectivity index (χ0v) is 18.4. The molecule has 1 aromatic rings. The van der Waals surface area contributed by atoms with E-state index in [1.807, 2.05) is 41.2 Å². The van der Waals surface area contributed by atoms with Crippen molar-refractivity contribution >= 4 is 17.7 Å². The molecule has 2 unspecified atom stereocenters. The van der Waals surface area contributed by atoms with Gasteiger partial charge in [0.15, 0.2) is 0 Å². The van der Waals surface area contributed by atoms with Gasteiger partial charge in [-0.3, -0.25) is 20.4 Å². The minimum absolute atomic E-state index is 0.0191. The molecule has 0 bridgehead atoms. The molecule has 4 rings (SSSR count). The van der Waals surface area contributed by atoms with Crippen molar-refractivity contribution in [2.45, 2.75) is 38.4 Å². The number of carbonyl (C=O) groups is 2. The summed E-state index contributed by atoms with van der Waals surface area (Å²) in [6, 6.07) is 5.84. The van der Waals surface area contributed by atoms with Crippen LogP contribution < -0.4 is 21.4 Å². The molecule has 9 heteroatoms. The van der Waals surface area contributed by atoms with E-state index >= 15 is 0 Å². The SMILES string of the molecule is CNCc1ccc(C2C=C3C(=O)N(CNCC4CC4)CC(C)N3N2)c(NC(=O)OC)c1. The first-order valence-corrected chi connectivity index (χ1v) is 10.9. The van der Waals surface area contributed by atoms with Gasteiger partial charge in [0.1, 0.15) is 5.70 Å². The average molecular weight is 429 g/mol. The molecule has 0 aromatic heterocycles. The number of hydrogen-bond acceptors (Lipinski definition) is 7. The van der Waals surface area contributed by atoms with Gasteiger partial charge in [-0.15, -0.1) is 0 Å². The van der Waals surface area contributed by atoms with Crippen molar-refractivity contribution in [1.29, 1.82) is 0 Å². The Morgan fingerprint density at radius 2 is 2.13 bits per heavy atom. The van der Waals surface area contributed by atoms with E-state index in [-0.39, 0.29) is 18.0 Å². The highest BCUT2D eigenvalue weighted by Crippen LogP contribution is 2.34. The Hall–Kier alpha value is -2.62. The smallest absolute Gasteiger partial charge is 0.411 e. The molecule has 2 heterocycles. The quantitative estimate of drug-likeness (QED) is 0.498. The number of methoxy groups -OCH3 is 1. The van der Waals surface area contributed by atoms with Gasteiger partial charge >= 0.3 is 6.09 Å². The van der Waals surface area contributed by atoms with Gasteiger partial charge in [-0.05, 0) is 62.5 Å². The number of benzene rings is 1. The number of carbonyl (C=O) groups excluding carboxylic acids is 2. The monoisotopic (exact) mass is 428 g/mol. The second-order valence-electron chi connectivity index (χ2n) is 8.53. The third-order valence-corrected chi connectivity index (χ3v) is 5.98.